The van der Waals surface area contributed by atoms with Gasteiger partial charge in [-0.1, -0.05) is 68.4 Å². The van der Waals surface area contributed by atoms with Gasteiger partial charge in [-0.25, -0.2) is 0 Å². The van der Waals surface area contributed by atoms with Crippen LogP contribution in [0.3, 0.4) is 0 Å². The van der Waals surface area contributed by atoms with Crippen LogP contribution in [-0.4, -0.2) is 12.6 Å². The van der Waals surface area contributed by atoms with E-state index in [9.17, 15) is 0 Å². The van der Waals surface area contributed by atoms with Crippen LogP contribution in [0, 0.1) is 0 Å². The van der Waals surface area contributed by atoms with E-state index < -0.39 is 0 Å². The largest absolute Gasteiger partial charge is 0.314 e. The fraction of sp³-hybridized carbons (Fsp3) is 0.400. The van der Waals surface area contributed by atoms with Crippen LogP contribution in [0.2, 0.25) is 0 Å². The smallest absolute Gasteiger partial charge is 0.0110 e. The van der Waals surface area contributed by atoms with Gasteiger partial charge in [0.2, 0.25) is 0 Å². The van der Waals surface area contributed by atoms with Gasteiger partial charge in [0, 0.05) is 6.04 Å². The minimum absolute atomic E-state index is 0.558. The molecule has 0 aliphatic rings. The zero-order valence-corrected chi connectivity index (χ0v) is 13.3. The molecule has 0 saturated carbocycles. The van der Waals surface area contributed by atoms with Gasteiger partial charge in [0.15, 0.2) is 0 Å². The molecule has 0 amide bonds. The molecule has 2 aromatic rings. The van der Waals surface area contributed by atoms with Gasteiger partial charge in [0.1, 0.15) is 0 Å². The molecule has 0 saturated heterocycles. The molecule has 2 aromatic carbocycles. The van der Waals surface area contributed by atoms with Crippen molar-refractivity contribution in [1.29, 1.82) is 0 Å². The molecule has 0 aromatic heterocycles. The molecule has 0 heterocycles. The lowest BCUT2D eigenvalue weighted by molar-refractivity contribution is 0.491. The van der Waals surface area contributed by atoms with Gasteiger partial charge in [-0.3, -0.25) is 0 Å². The molecular weight excluding hydrogens is 254 g/mol. The number of aryl methyl sites for hydroxylation is 2. The summed E-state index contributed by atoms with van der Waals surface area (Å²) in [4.78, 5) is 0. The molecule has 0 radical (unpaired) electrons. The van der Waals surface area contributed by atoms with Crippen LogP contribution in [0.25, 0.3) is 0 Å². The number of nitrogens with one attached hydrogen (secondary N) is 1. The van der Waals surface area contributed by atoms with Gasteiger partial charge in [-0.15, -0.1) is 0 Å². The summed E-state index contributed by atoms with van der Waals surface area (Å²) in [6.45, 7) is 5.43. The standard InChI is InChI=1S/C20H27N/c1-3-17-10-12-19(13-11-17)16-20(21-4-2)15-14-18-8-6-5-7-9-18/h5-13,20-21H,3-4,14-16H2,1-2H3. The Labute approximate surface area is 129 Å². The third kappa shape index (κ3) is 5.35. The number of rotatable bonds is 8. The van der Waals surface area contributed by atoms with Crippen LogP contribution in [0.5, 0.6) is 0 Å². The zero-order valence-electron chi connectivity index (χ0n) is 13.3. The molecule has 1 N–H and O–H groups in total. The van der Waals surface area contributed by atoms with E-state index in [0.717, 1.165) is 25.8 Å². The first kappa shape index (κ1) is 15.8. The predicted molar refractivity (Wildman–Crippen MR) is 91.8 cm³/mol. The summed E-state index contributed by atoms with van der Waals surface area (Å²) < 4.78 is 0. The average molecular weight is 281 g/mol. The second-order valence-electron chi connectivity index (χ2n) is 5.65. The van der Waals surface area contributed by atoms with Crippen molar-refractivity contribution < 1.29 is 0 Å². The summed E-state index contributed by atoms with van der Waals surface area (Å²) in [7, 11) is 0. The van der Waals surface area contributed by atoms with Crippen molar-refractivity contribution in [2.45, 2.75) is 45.6 Å². The molecule has 1 atom stereocenters. The van der Waals surface area contributed by atoms with E-state index in [-0.39, 0.29) is 0 Å². The van der Waals surface area contributed by atoms with Crippen molar-refractivity contribution in [3.05, 3.63) is 71.3 Å². The van der Waals surface area contributed by atoms with Crippen LogP contribution in [0.1, 0.15) is 37.0 Å². The Balaban J connectivity index is 1.91. The van der Waals surface area contributed by atoms with E-state index in [0.29, 0.717) is 6.04 Å². The van der Waals surface area contributed by atoms with Gasteiger partial charge < -0.3 is 5.32 Å². The highest BCUT2D eigenvalue weighted by molar-refractivity contribution is 5.23. The molecule has 0 bridgehead atoms. The molecule has 0 aliphatic heterocycles. The number of hydrogen-bond donors (Lipinski definition) is 1. The number of hydrogen-bond acceptors (Lipinski definition) is 1. The lowest BCUT2D eigenvalue weighted by Crippen LogP contribution is -2.31. The Morgan fingerprint density at radius 1 is 0.810 bits per heavy atom. The van der Waals surface area contributed by atoms with Crippen LogP contribution < -0.4 is 5.32 Å². The highest BCUT2D eigenvalue weighted by Gasteiger charge is 2.08. The summed E-state index contributed by atoms with van der Waals surface area (Å²) in [5, 5.41) is 3.63. The molecular formula is C20H27N. The molecule has 112 valence electrons. The van der Waals surface area contributed by atoms with E-state index in [1.165, 1.54) is 23.1 Å². The summed E-state index contributed by atoms with van der Waals surface area (Å²) in [5.41, 5.74) is 4.29. The van der Waals surface area contributed by atoms with Crippen molar-refractivity contribution in [2.24, 2.45) is 0 Å². The van der Waals surface area contributed by atoms with E-state index in [4.69, 9.17) is 0 Å². The van der Waals surface area contributed by atoms with Crippen molar-refractivity contribution in [1.82, 2.24) is 5.32 Å². The lowest BCUT2D eigenvalue weighted by atomic mass is 9.98. The molecule has 1 unspecified atom stereocenters. The summed E-state index contributed by atoms with van der Waals surface area (Å²) in [6.07, 6.45) is 4.56. The van der Waals surface area contributed by atoms with Crippen molar-refractivity contribution in [2.75, 3.05) is 6.54 Å². The van der Waals surface area contributed by atoms with Crippen molar-refractivity contribution in [3.8, 4) is 0 Å². The molecule has 21 heavy (non-hydrogen) atoms. The van der Waals surface area contributed by atoms with Gasteiger partial charge >= 0.3 is 0 Å². The van der Waals surface area contributed by atoms with Crippen molar-refractivity contribution in [3.63, 3.8) is 0 Å². The Hall–Kier alpha value is -1.60. The minimum atomic E-state index is 0.558. The number of benzene rings is 2. The Morgan fingerprint density at radius 3 is 2.10 bits per heavy atom. The second-order valence-corrected chi connectivity index (χ2v) is 5.65. The highest BCUT2D eigenvalue weighted by atomic mass is 14.9. The zero-order chi connectivity index (χ0) is 14.9. The molecule has 0 aliphatic carbocycles. The van der Waals surface area contributed by atoms with Crippen LogP contribution in [-0.2, 0) is 19.3 Å². The third-order valence-corrected chi connectivity index (χ3v) is 4.03. The van der Waals surface area contributed by atoms with E-state index >= 15 is 0 Å². The first-order valence-corrected chi connectivity index (χ1v) is 8.17. The Morgan fingerprint density at radius 2 is 1.48 bits per heavy atom. The summed E-state index contributed by atoms with van der Waals surface area (Å²) >= 11 is 0. The fourth-order valence-corrected chi connectivity index (χ4v) is 2.75. The van der Waals surface area contributed by atoms with E-state index in [1.807, 2.05) is 0 Å². The predicted octanol–water partition coefficient (Wildman–Crippen LogP) is 4.40. The first-order valence-electron chi connectivity index (χ1n) is 8.17. The Bertz CT molecular complexity index is 501. The quantitative estimate of drug-likeness (QED) is 0.756. The first-order chi connectivity index (χ1) is 10.3. The van der Waals surface area contributed by atoms with Gasteiger partial charge in [-0.05, 0) is 48.9 Å². The maximum atomic E-state index is 3.63. The van der Waals surface area contributed by atoms with Crippen LogP contribution in [0.4, 0.5) is 0 Å². The molecule has 1 nitrogen and oxygen atoms in total. The fourth-order valence-electron chi connectivity index (χ4n) is 2.75. The lowest BCUT2D eigenvalue weighted by Gasteiger charge is -2.18. The topological polar surface area (TPSA) is 12.0 Å². The normalized spacial score (nSPS) is 12.3. The minimum Gasteiger partial charge on any atom is -0.314 e. The molecule has 1 heteroatoms. The Kier molecular flexibility index (Phi) is 6.49. The monoisotopic (exact) mass is 281 g/mol. The summed E-state index contributed by atoms with van der Waals surface area (Å²) in [6, 6.07) is 20.4. The van der Waals surface area contributed by atoms with Gasteiger partial charge in [0.05, 0.1) is 0 Å². The third-order valence-electron chi connectivity index (χ3n) is 4.03. The van der Waals surface area contributed by atoms with Crippen LogP contribution in [0.15, 0.2) is 54.6 Å². The van der Waals surface area contributed by atoms with Gasteiger partial charge in [0.25, 0.3) is 0 Å². The van der Waals surface area contributed by atoms with Crippen LogP contribution >= 0.6 is 0 Å². The maximum absolute atomic E-state index is 3.63. The van der Waals surface area contributed by atoms with Gasteiger partial charge in [-0.2, -0.15) is 0 Å². The number of likely N-dealkylation sites (N-methyl/N-ethyl adjacent to an activating group) is 1. The second kappa shape index (κ2) is 8.63. The summed E-state index contributed by atoms with van der Waals surface area (Å²) in [5.74, 6) is 0. The highest BCUT2D eigenvalue weighted by Crippen LogP contribution is 2.12. The molecule has 2 rings (SSSR count). The van der Waals surface area contributed by atoms with E-state index in [1.54, 1.807) is 0 Å². The van der Waals surface area contributed by atoms with E-state index in [2.05, 4.69) is 73.8 Å². The SMILES string of the molecule is CCNC(CCc1ccccc1)Cc1ccc(CC)cc1. The molecule has 0 fully saturated rings. The average Bonchev–Trinajstić information content (AvgIpc) is 2.54. The molecule has 0 spiro atoms. The van der Waals surface area contributed by atoms with Crippen molar-refractivity contribution >= 4 is 0 Å². The maximum Gasteiger partial charge on any atom is 0.0110 e.